The maximum absolute atomic E-state index is 5.82. The number of anilines is 1. The molecule has 0 atom stereocenters. The van der Waals surface area contributed by atoms with Crippen LogP contribution < -0.4 is 5.73 Å². The van der Waals surface area contributed by atoms with Crippen LogP contribution in [0.5, 0.6) is 0 Å². The fourth-order valence-electron chi connectivity index (χ4n) is 1.47. The number of fused-ring (bicyclic) bond motifs is 1. The summed E-state index contributed by atoms with van der Waals surface area (Å²) in [6, 6.07) is 3.93. The van der Waals surface area contributed by atoms with Gasteiger partial charge in [0, 0.05) is 11.1 Å². The molecule has 0 amide bonds. The normalized spacial score (nSPS) is 10.3. The van der Waals surface area contributed by atoms with Crippen LogP contribution in [0.2, 0.25) is 0 Å². The summed E-state index contributed by atoms with van der Waals surface area (Å²) in [5.74, 6) is 2.56. The Morgan fingerprint density at radius 1 is 1.57 bits per heavy atom. The first-order valence-electron chi connectivity index (χ1n) is 4.37. The summed E-state index contributed by atoms with van der Waals surface area (Å²) >= 11 is 0. The van der Waals surface area contributed by atoms with Crippen LogP contribution in [0, 0.1) is 19.3 Å². The highest BCUT2D eigenvalue weighted by Gasteiger charge is 2.03. The first-order chi connectivity index (χ1) is 6.72. The molecule has 0 aliphatic heterocycles. The Bertz CT molecular complexity index is 517. The van der Waals surface area contributed by atoms with Crippen LogP contribution in [0.4, 0.5) is 5.69 Å². The van der Waals surface area contributed by atoms with E-state index in [2.05, 4.69) is 11.0 Å². The summed E-state index contributed by atoms with van der Waals surface area (Å²) < 4.78 is 1.77. The molecule has 3 heteroatoms. The molecule has 2 N–H and O–H groups in total. The molecule has 0 aliphatic rings. The standard InChI is InChI=1S/C11H11N3/c1-3-4-14-11-6-10(12)8(2)5-9(11)7-13-14/h1,5-7H,4,12H2,2H3. The van der Waals surface area contributed by atoms with Gasteiger partial charge < -0.3 is 5.73 Å². The van der Waals surface area contributed by atoms with E-state index in [1.54, 1.807) is 10.9 Å². The van der Waals surface area contributed by atoms with Gasteiger partial charge in [-0.1, -0.05) is 5.92 Å². The Morgan fingerprint density at radius 3 is 3.07 bits per heavy atom. The van der Waals surface area contributed by atoms with Gasteiger partial charge in [0.05, 0.1) is 11.7 Å². The van der Waals surface area contributed by atoms with Gasteiger partial charge in [0.1, 0.15) is 6.54 Å². The summed E-state index contributed by atoms with van der Waals surface area (Å²) in [6.45, 7) is 2.46. The molecule has 14 heavy (non-hydrogen) atoms. The fraction of sp³-hybridized carbons (Fsp3) is 0.182. The quantitative estimate of drug-likeness (QED) is 0.541. The smallest absolute Gasteiger partial charge is 0.102 e. The van der Waals surface area contributed by atoms with Crippen LogP contribution in [0.15, 0.2) is 18.3 Å². The van der Waals surface area contributed by atoms with Crippen molar-refractivity contribution < 1.29 is 0 Å². The van der Waals surface area contributed by atoms with E-state index in [0.29, 0.717) is 6.54 Å². The number of aromatic nitrogens is 2. The van der Waals surface area contributed by atoms with Crippen molar-refractivity contribution in [1.29, 1.82) is 0 Å². The van der Waals surface area contributed by atoms with Gasteiger partial charge in [0.15, 0.2) is 0 Å². The number of aryl methyl sites for hydroxylation is 1. The van der Waals surface area contributed by atoms with Crippen LogP contribution in [-0.2, 0) is 6.54 Å². The highest BCUT2D eigenvalue weighted by Crippen LogP contribution is 2.20. The lowest BCUT2D eigenvalue weighted by Gasteiger charge is -2.01. The summed E-state index contributed by atoms with van der Waals surface area (Å²) in [4.78, 5) is 0. The van der Waals surface area contributed by atoms with E-state index in [1.807, 2.05) is 19.1 Å². The number of hydrogen-bond donors (Lipinski definition) is 1. The Morgan fingerprint density at radius 2 is 2.36 bits per heavy atom. The zero-order chi connectivity index (χ0) is 10.1. The van der Waals surface area contributed by atoms with Gasteiger partial charge >= 0.3 is 0 Å². The van der Waals surface area contributed by atoms with Crippen LogP contribution >= 0.6 is 0 Å². The van der Waals surface area contributed by atoms with E-state index in [9.17, 15) is 0 Å². The molecule has 0 aliphatic carbocycles. The molecule has 0 radical (unpaired) electrons. The van der Waals surface area contributed by atoms with Crippen molar-refractivity contribution in [1.82, 2.24) is 9.78 Å². The van der Waals surface area contributed by atoms with E-state index < -0.39 is 0 Å². The van der Waals surface area contributed by atoms with Crippen molar-refractivity contribution >= 4 is 16.6 Å². The number of nitrogens with zero attached hydrogens (tertiary/aromatic N) is 2. The van der Waals surface area contributed by atoms with Crippen molar-refractivity contribution in [2.75, 3.05) is 5.73 Å². The number of nitrogen functional groups attached to an aromatic ring is 1. The molecular weight excluding hydrogens is 174 g/mol. The van der Waals surface area contributed by atoms with Crippen molar-refractivity contribution in [3.63, 3.8) is 0 Å². The molecule has 0 unspecified atom stereocenters. The van der Waals surface area contributed by atoms with Crippen LogP contribution in [0.1, 0.15) is 5.56 Å². The van der Waals surface area contributed by atoms with Crippen LogP contribution in [-0.4, -0.2) is 9.78 Å². The lowest BCUT2D eigenvalue weighted by atomic mass is 10.1. The first kappa shape index (κ1) is 8.64. The van der Waals surface area contributed by atoms with Gasteiger partial charge in [0.25, 0.3) is 0 Å². The lowest BCUT2D eigenvalue weighted by molar-refractivity contribution is 0.743. The molecular formula is C11H11N3. The van der Waals surface area contributed by atoms with Gasteiger partial charge in [-0.15, -0.1) is 6.42 Å². The molecule has 0 saturated carbocycles. The summed E-state index contributed by atoms with van der Waals surface area (Å²) in [6.07, 6.45) is 7.04. The molecule has 0 spiro atoms. The van der Waals surface area contributed by atoms with Gasteiger partial charge in [0.2, 0.25) is 0 Å². The third-order valence-electron chi connectivity index (χ3n) is 2.27. The topological polar surface area (TPSA) is 43.8 Å². The molecule has 0 saturated heterocycles. The Labute approximate surface area is 82.5 Å². The highest BCUT2D eigenvalue weighted by atomic mass is 15.3. The largest absolute Gasteiger partial charge is 0.398 e. The van der Waals surface area contributed by atoms with E-state index in [1.165, 1.54) is 0 Å². The summed E-state index contributed by atoms with van der Waals surface area (Å²) in [5, 5.41) is 5.26. The fourth-order valence-corrected chi connectivity index (χ4v) is 1.47. The van der Waals surface area contributed by atoms with Crippen molar-refractivity contribution in [3.05, 3.63) is 23.9 Å². The Balaban J connectivity index is 2.69. The molecule has 2 aromatic rings. The molecule has 0 bridgehead atoms. The Kier molecular flexibility index (Phi) is 1.90. The lowest BCUT2D eigenvalue weighted by Crippen LogP contribution is -1.98. The molecule has 70 valence electrons. The van der Waals surface area contributed by atoms with Crippen LogP contribution in [0.25, 0.3) is 10.9 Å². The first-order valence-corrected chi connectivity index (χ1v) is 4.37. The zero-order valence-corrected chi connectivity index (χ0v) is 7.99. The molecule has 1 aromatic carbocycles. The molecule has 0 fully saturated rings. The monoisotopic (exact) mass is 185 g/mol. The SMILES string of the molecule is C#CCn1ncc2cc(C)c(N)cc21. The predicted molar refractivity (Wildman–Crippen MR) is 57.7 cm³/mol. The Hall–Kier alpha value is -1.95. The van der Waals surface area contributed by atoms with Gasteiger partial charge in [-0.05, 0) is 24.6 Å². The van der Waals surface area contributed by atoms with Gasteiger partial charge in [-0.25, -0.2) is 0 Å². The number of rotatable bonds is 1. The third-order valence-corrected chi connectivity index (χ3v) is 2.27. The number of benzene rings is 1. The van der Waals surface area contributed by atoms with Gasteiger partial charge in [-0.2, -0.15) is 5.10 Å². The number of terminal acetylenes is 1. The zero-order valence-electron chi connectivity index (χ0n) is 7.99. The number of hydrogen-bond acceptors (Lipinski definition) is 2. The molecule has 3 nitrogen and oxygen atoms in total. The molecule has 1 heterocycles. The minimum Gasteiger partial charge on any atom is -0.398 e. The predicted octanol–water partition coefficient (Wildman–Crippen LogP) is 1.56. The summed E-state index contributed by atoms with van der Waals surface area (Å²) in [5.41, 5.74) is 8.65. The van der Waals surface area contributed by atoms with E-state index >= 15 is 0 Å². The van der Waals surface area contributed by atoms with Crippen molar-refractivity contribution in [3.8, 4) is 12.3 Å². The van der Waals surface area contributed by atoms with Crippen molar-refractivity contribution in [2.24, 2.45) is 0 Å². The highest BCUT2D eigenvalue weighted by molar-refractivity contribution is 5.83. The minimum atomic E-state index is 0.478. The third kappa shape index (κ3) is 1.21. The summed E-state index contributed by atoms with van der Waals surface area (Å²) in [7, 11) is 0. The number of nitrogens with two attached hydrogens (primary N) is 1. The minimum absolute atomic E-state index is 0.478. The average molecular weight is 185 g/mol. The second-order valence-electron chi connectivity index (χ2n) is 3.27. The second kappa shape index (κ2) is 3.08. The maximum Gasteiger partial charge on any atom is 0.102 e. The second-order valence-corrected chi connectivity index (χ2v) is 3.27. The van der Waals surface area contributed by atoms with E-state index in [-0.39, 0.29) is 0 Å². The molecule has 2 rings (SSSR count). The van der Waals surface area contributed by atoms with E-state index in [0.717, 1.165) is 22.2 Å². The molecule has 1 aromatic heterocycles. The van der Waals surface area contributed by atoms with E-state index in [4.69, 9.17) is 12.2 Å². The van der Waals surface area contributed by atoms with Gasteiger partial charge in [-0.3, -0.25) is 4.68 Å². The maximum atomic E-state index is 5.82. The van der Waals surface area contributed by atoms with Crippen molar-refractivity contribution in [2.45, 2.75) is 13.5 Å². The van der Waals surface area contributed by atoms with Crippen LogP contribution in [0.3, 0.4) is 0 Å². The average Bonchev–Trinajstić information content (AvgIpc) is 2.51.